The maximum absolute atomic E-state index is 13.4. The fourth-order valence-corrected chi connectivity index (χ4v) is 3.85. The number of hydrogen-bond donors (Lipinski definition) is 2. The van der Waals surface area contributed by atoms with Gasteiger partial charge in [-0.25, -0.2) is 0 Å². The second-order valence-corrected chi connectivity index (χ2v) is 8.76. The lowest BCUT2D eigenvalue weighted by atomic mass is 9.78. The predicted molar refractivity (Wildman–Crippen MR) is 133 cm³/mol. The zero-order valence-corrected chi connectivity index (χ0v) is 20.1. The molecule has 0 aliphatic rings. The van der Waals surface area contributed by atoms with Gasteiger partial charge in [0, 0.05) is 29.8 Å². The Bertz CT molecular complexity index is 982. The van der Waals surface area contributed by atoms with Crippen LogP contribution in [0.3, 0.4) is 0 Å². The van der Waals surface area contributed by atoms with E-state index in [1.807, 2.05) is 30.3 Å². The van der Waals surface area contributed by atoms with Crippen molar-refractivity contribution in [2.45, 2.75) is 59.3 Å². The van der Waals surface area contributed by atoms with E-state index in [2.05, 4.69) is 38.9 Å². The Morgan fingerprint density at radius 1 is 1.12 bits per heavy atom. The number of rotatable bonds is 13. The van der Waals surface area contributed by atoms with Gasteiger partial charge in [-0.1, -0.05) is 57.9 Å². The molecular formula is C28H35NO4. The lowest BCUT2D eigenvalue weighted by Gasteiger charge is -2.32. The predicted octanol–water partition coefficient (Wildman–Crippen LogP) is 6.14. The van der Waals surface area contributed by atoms with Gasteiger partial charge in [-0.3, -0.25) is 9.59 Å². The molecule has 5 nitrogen and oxygen atoms in total. The van der Waals surface area contributed by atoms with Gasteiger partial charge in [0.2, 0.25) is 0 Å². The van der Waals surface area contributed by atoms with Crippen molar-refractivity contribution in [1.82, 2.24) is 0 Å². The number of terminal acetylenes is 1. The molecule has 2 aromatic rings. The van der Waals surface area contributed by atoms with Gasteiger partial charge in [0.15, 0.2) is 5.78 Å². The number of benzene rings is 2. The molecule has 33 heavy (non-hydrogen) atoms. The molecule has 0 unspecified atom stereocenters. The van der Waals surface area contributed by atoms with Crippen LogP contribution in [-0.2, 0) is 4.79 Å². The molecule has 0 aliphatic heterocycles. The van der Waals surface area contributed by atoms with Gasteiger partial charge < -0.3 is 15.2 Å². The Balaban J connectivity index is 2.36. The Labute approximate surface area is 197 Å². The number of ketones is 1. The molecule has 0 spiro atoms. The number of carbonyl (C=O) groups is 2. The summed E-state index contributed by atoms with van der Waals surface area (Å²) >= 11 is 0. The SMILES string of the molecule is C#CCOc1ccc(NCC(CC)(CC)CCC(=O)O)c(C(=O)c2ccc(C(C)C)cc2)c1. The van der Waals surface area contributed by atoms with Gasteiger partial charge >= 0.3 is 5.97 Å². The van der Waals surface area contributed by atoms with Crippen LogP contribution < -0.4 is 10.1 Å². The molecule has 176 valence electrons. The molecule has 2 aromatic carbocycles. The van der Waals surface area contributed by atoms with E-state index in [-0.39, 0.29) is 24.2 Å². The van der Waals surface area contributed by atoms with Gasteiger partial charge in [0.1, 0.15) is 12.4 Å². The molecule has 0 amide bonds. The summed E-state index contributed by atoms with van der Waals surface area (Å²) in [4.78, 5) is 24.6. The average molecular weight is 450 g/mol. The highest BCUT2D eigenvalue weighted by Crippen LogP contribution is 2.34. The Morgan fingerprint density at radius 2 is 1.79 bits per heavy atom. The lowest BCUT2D eigenvalue weighted by Crippen LogP contribution is -2.30. The van der Waals surface area contributed by atoms with E-state index in [0.717, 1.165) is 12.8 Å². The molecule has 2 N–H and O–H groups in total. The van der Waals surface area contributed by atoms with Crippen molar-refractivity contribution in [2.75, 3.05) is 18.5 Å². The van der Waals surface area contributed by atoms with E-state index < -0.39 is 5.97 Å². The minimum Gasteiger partial charge on any atom is -0.481 e. The standard InChI is InChI=1S/C28H35NO4/c1-6-17-33-23-13-14-25(29-19-28(7-2,8-3)16-15-26(30)31)24(18-23)27(32)22-11-9-21(10-12-22)20(4)5/h1,9-14,18,20,29H,7-8,15-17,19H2,2-5H3,(H,30,31). The first kappa shape index (κ1) is 26.0. The second kappa shape index (κ2) is 12.1. The molecule has 0 heterocycles. The van der Waals surface area contributed by atoms with Crippen LogP contribution >= 0.6 is 0 Å². The van der Waals surface area contributed by atoms with Crippen LogP contribution in [-0.4, -0.2) is 30.0 Å². The summed E-state index contributed by atoms with van der Waals surface area (Å²) in [6.07, 6.45) is 7.69. The summed E-state index contributed by atoms with van der Waals surface area (Å²) in [7, 11) is 0. The number of carbonyl (C=O) groups excluding carboxylic acids is 1. The normalized spacial score (nSPS) is 11.2. The van der Waals surface area contributed by atoms with Crippen LogP contribution in [0.1, 0.15) is 80.8 Å². The van der Waals surface area contributed by atoms with Crippen molar-refractivity contribution in [3.63, 3.8) is 0 Å². The summed E-state index contributed by atoms with van der Waals surface area (Å²) in [5, 5.41) is 12.6. The first-order valence-corrected chi connectivity index (χ1v) is 11.6. The van der Waals surface area contributed by atoms with E-state index in [1.54, 1.807) is 12.1 Å². The largest absolute Gasteiger partial charge is 0.481 e. The van der Waals surface area contributed by atoms with Gasteiger partial charge in [-0.05, 0) is 54.4 Å². The molecule has 0 fully saturated rings. The molecule has 0 aromatic heterocycles. The van der Waals surface area contributed by atoms with Crippen molar-refractivity contribution >= 4 is 17.4 Å². The fourth-order valence-electron chi connectivity index (χ4n) is 3.85. The molecule has 5 heteroatoms. The smallest absolute Gasteiger partial charge is 0.303 e. The molecule has 0 aliphatic carbocycles. The lowest BCUT2D eigenvalue weighted by molar-refractivity contribution is -0.137. The third-order valence-corrected chi connectivity index (χ3v) is 6.42. The number of anilines is 1. The maximum Gasteiger partial charge on any atom is 0.303 e. The highest BCUT2D eigenvalue weighted by molar-refractivity contribution is 6.12. The number of hydrogen-bond acceptors (Lipinski definition) is 4. The summed E-state index contributed by atoms with van der Waals surface area (Å²) in [5.74, 6) is 2.45. The Morgan fingerprint density at radius 3 is 2.33 bits per heavy atom. The molecule has 2 rings (SSSR count). The van der Waals surface area contributed by atoms with Gasteiger partial charge in [0.05, 0.1) is 0 Å². The minimum atomic E-state index is -0.794. The van der Waals surface area contributed by atoms with Crippen LogP contribution in [0.5, 0.6) is 5.75 Å². The number of nitrogens with one attached hydrogen (secondary N) is 1. The van der Waals surface area contributed by atoms with Crippen molar-refractivity contribution in [1.29, 1.82) is 0 Å². The number of carboxylic acid groups (broad SMARTS) is 1. The van der Waals surface area contributed by atoms with E-state index >= 15 is 0 Å². The molecule has 0 atom stereocenters. The highest BCUT2D eigenvalue weighted by Gasteiger charge is 2.27. The van der Waals surface area contributed by atoms with Crippen molar-refractivity contribution in [3.8, 4) is 18.1 Å². The fraction of sp³-hybridized carbons (Fsp3) is 0.429. The number of aliphatic carboxylic acids is 1. The summed E-state index contributed by atoms with van der Waals surface area (Å²) in [6, 6.07) is 13.0. The van der Waals surface area contributed by atoms with Crippen molar-refractivity contribution < 1.29 is 19.4 Å². The molecule has 0 bridgehead atoms. The van der Waals surface area contributed by atoms with E-state index in [9.17, 15) is 9.59 Å². The van der Waals surface area contributed by atoms with Gasteiger partial charge in [-0.15, -0.1) is 6.42 Å². The molecular weight excluding hydrogens is 414 g/mol. The minimum absolute atomic E-state index is 0.108. The van der Waals surface area contributed by atoms with Crippen LogP contribution in [0.15, 0.2) is 42.5 Å². The van der Waals surface area contributed by atoms with Crippen molar-refractivity contribution in [3.05, 3.63) is 59.2 Å². The summed E-state index contributed by atoms with van der Waals surface area (Å²) in [5.41, 5.74) is 2.80. The molecule has 0 saturated carbocycles. The van der Waals surface area contributed by atoms with Crippen LogP contribution in [0.25, 0.3) is 0 Å². The monoisotopic (exact) mass is 449 g/mol. The van der Waals surface area contributed by atoms with Crippen LogP contribution in [0.4, 0.5) is 5.69 Å². The first-order valence-electron chi connectivity index (χ1n) is 11.6. The third kappa shape index (κ3) is 7.12. The van der Waals surface area contributed by atoms with Crippen molar-refractivity contribution in [2.24, 2.45) is 5.41 Å². The number of carboxylic acids is 1. The Hall–Kier alpha value is -3.26. The van der Waals surface area contributed by atoms with Crippen LogP contribution in [0, 0.1) is 17.8 Å². The second-order valence-electron chi connectivity index (χ2n) is 8.76. The highest BCUT2D eigenvalue weighted by atomic mass is 16.5. The molecule has 0 radical (unpaired) electrons. The third-order valence-electron chi connectivity index (χ3n) is 6.42. The summed E-state index contributed by atoms with van der Waals surface area (Å²) < 4.78 is 5.56. The van der Waals surface area contributed by atoms with E-state index in [1.165, 1.54) is 5.56 Å². The van der Waals surface area contributed by atoms with E-state index in [0.29, 0.717) is 41.4 Å². The zero-order chi connectivity index (χ0) is 24.4. The van der Waals surface area contributed by atoms with E-state index in [4.69, 9.17) is 16.3 Å². The molecule has 0 saturated heterocycles. The number of ether oxygens (including phenoxy) is 1. The van der Waals surface area contributed by atoms with Crippen LogP contribution in [0.2, 0.25) is 0 Å². The summed E-state index contributed by atoms with van der Waals surface area (Å²) in [6.45, 7) is 9.07. The van der Waals surface area contributed by atoms with Gasteiger partial charge in [0.25, 0.3) is 0 Å². The zero-order valence-electron chi connectivity index (χ0n) is 20.1. The Kier molecular flexibility index (Phi) is 9.54. The average Bonchev–Trinajstić information content (AvgIpc) is 2.83. The maximum atomic E-state index is 13.4. The quantitative estimate of drug-likeness (QED) is 0.284. The first-order chi connectivity index (χ1) is 15.7. The topological polar surface area (TPSA) is 75.6 Å². The van der Waals surface area contributed by atoms with Gasteiger partial charge in [-0.2, -0.15) is 0 Å².